The summed E-state index contributed by atoms with van der Waals surface area (Å²) in [4.78, 5) is 0. The van der Waals surface area contributed by atoms with Gasteiger partial charge < -0.3 is 0 Å². The van der Waals surface area contributed by atoms with Crippen LogP contribution < -0.4 is 5.32 Å². The standard InChI is InChI=1S/C13H17N/c1-4-7-11-8-9-13(12(11)6-3)14-10-5-2/h2,4,6-7,13-14H,3,8-10H2,1H3/b7-4-. The van der Waals surface area contributed by atoms with E-state index in [0.29, 0.717) is 12.6 Å². The fourth-order valence-corrected chi connectivity index (χ4v) is 1.87. The second kappa shape index (κ2) is 5.47. The van der Waals surface area contributed by atoms with Crippen LogP contribution >= 0.6 is 0 Å². The first kappa shape index (κ1) is 10.8. The molecule has 0 spiro atoms. The molecule has 1 atom stereocenters. The Morgan fingerprint density at radius 2 is 2.50 bits per heavy atom. The molecule has 0 bridgehead atoms. The van der Waals surface area contributed by atoms with Crippen LogP contribution in [-0.4, -0.2) is 12.6 Å². The van der Waals surface area contributed by atoms with Gasteiger partial charge in [0, 0.05) is 6.04 Å². The normalized spacial score (nSPS) is 21.6. The van der Waals surface area contributed by atoms with Crippen molar-refractivity contribution >= 4 is 0 Å². The highest BCUT2D eigenvalue weighted by Gasteiger charge is 2.20. The van der Waals surface area contributed by atoms with E-state index in [4.69, 9.17) is 6.42 Å². The van der Waals surface area contributed by atoms with Gasteiger partial charge >= 0.3 is 0 Å². The van der Waals surface area contributed by atoms with Crippen LogP contribution in [0.15, 0.2) is 36.0 Å². The van der Waals surface area contributed by atoms with Gasteiger partial charge in [-0.3, -0.25) is 5.32 Å². The van der Waals surface area contributed by atoms with Gasteiger partial charge in [0.05, 0.1) is 6.54 Å². The number of terminal acetylenes is 1. The van der Waals surface area contributed by atoms with Gasteiger partial charge in [0.25, 0.3) is 0 Å². The van der Waals surface area contributed by atoms with Crippen molar-refractivity contribution in [2.75, 3.05) is 6.54 Å². The lowest BCUT2D eigenvalue weighted by molar-refractivity contribution is 0.612. The number of allylic oxidation sites excluding steroid dienone is 3. The van der Waals surface area contributed by atoms with E-state index in [9.17, 15) is 0 Å². The molecule has 0 aromatic rings. The highest BCUT2D eigenvalue weighted by molar-refractivity contribution is 5.40. The number of hydrogen-bond acceptors (Lipinski definition) is 1. The molecule has 14 heavy (non-hydrogen) atoms. The Bertz CT molecular complexity index is 302. The Labute approximate surface area is 86.6 Å². The molecular formula is C13H17N. The molecule has 1 unspecified atom stereocenters. The Morgan fingerprint density at radius 3 is 3.07 bits per heavy atom. The Kier molecular flexibility index (Phi) is 4.22. The fraction of sp³-hybridized carbons (Fsp3) is 0.385. The molecule has 0 radical (unpaired) electrons. The quantitative estimate of drug-likeness (QED) is 0.666. The van der Waals surface area contributed by atoms with Gasteiger partial charge in [-0.2, -0.15) is 0 Å². The van der Waals surface area contributed by atoms with Crippen LogP contribution in [0.2, 0.25) is 0 Å². The summed E-state index contributed by atoms with van der Waals surface area (Å²) in [5.74, 6) is 2.60. The van der Waals surface area contributed by atoms with Crippen LogP contribution in [0, 0.1) is 12.3 Å². The summed E-state index contributed by atoms with van der Waals surface area (Å²) in [6.45, 7) is 6.52. The smallest absolute Gasteiger partial charge is 0.0578 e. The van der Waals surface area contributed by atoms with Crippen molar-refractivity contribution in [2.24, 2.45) is 0 Å². The molecule has 1 N–H and O–H groups in total. The van der Waals surface area contributed by atoms with Crippen molar-refractivity contribution in [2.45, 2.75) is 25.8 Å². The predicted molar refractivity (Wildman–Crippen MR) is 61.9 cm³/mol. The lowest BCUT2D eigenvalue weighted by atomic mass is 10.1. The topological polar surface area (TPSA) is 12.0 Å². The van der Waals surface area contributed by atoms with Crippen molar-refractivity contribution in [3.63, 3.8) is 0 Å². The molecule has 1 nitrogen and oxygen atoms in total. The number of hydrogen-bond donors (Lipinski definition) is 1. The van der Waals surface area contributed by atoms with Crippen LogP contribution in [0.4, 0.5) is 0 Å². The molecule has 1 heteroatoms. The minimum absolute atomic E-state index is 0.398. The lowest BCUT2D eigenvalue weighted by Crippen LogP contribution is -2.28. The third-order valence-corrected chi connectivity index (χ3v) is 2.49. The average molecular weight is 187 g/mol. The SMILES string of the molecule is C#CCNC1CCC(/C=C\C)=C1C=C. The van der Waals surface area contributed by atoms with Crippen LogP contribution in [0.3, 0.4) is 0 Å². The molecule has 0 amide bonds. The van der Waals surface area contributed by atoms with Crippen molar-refractivity contribution in [1.29, 1.82) is 0 Å². The van der Waals surface area contributed by atoms with Crippen LogP contribution in [-0.2, 0) is 0 Å². The molecule has 1 rings (SSSR count). The van der Waals surface area contributed by atoms with E-state index in [1.54, 1.807) is 0 Å². The van der Waals surface area contributed by atoms with Crippen molar-refractivity contribution in [3.8, 4) is 12.3 Å². The van der Waals surface area contributed by atoms with Crippen LogP contribution in [0.5, 0.6) is 0 Å². The molecular weight excluding hydrogens is 170 g/mol. The highest BCUT2D eigenvalue weighted by atomic mass is 14.9. The second-order valence-electron chi connectivity index (χ2n) is 3.36. The zero-order chi connectivity index (χ0) is 10.4. The minimum Gasteiger partial charge on any atom is -0.299 e. The molecule has 0 fully saturated rings. The molecule has 74 valence electrons. The summed E-state index contributed by atoms with van der Waals surface area (Å²) in [5.41, 5.74) is 2.69. The van der Waals surface area contributed by atoms with E-state index in [0.717, 1.165) is 12.8 Å². The maximum absolute atomic E-state index is 5.22. The van der Waals surface area contributed by atoms with E-state index in [-0.39, 0.29) is 0 Å². The van der Waals surface area contributed by atoms with E-state index < -0.39 is 0 Å². The minimum atomic E-state index is 0.398. The third kappa shape index (κ3) is 2.37. The number of rotatable bonds is 4. The maximum atomic E-state index is 5.22. The predicted octanol–water partition coefficient (Wildman–Crippen LogP) is 2.43. The Morgan fingerprint density at radius 1 is 1.71 bits per heavy atom. The highest BCUT2D eigenvalue weighted by Crippen LogP contribution is 2.28. The summed E-state index contributed by atoms with van der Waals surface area (Å²) in [6, 6.07) is 0.398. The average Bonchev–Trinajstić information content (AvgIpc) is 2.58. The Balaban J connectivity index is 2.73. The molecule has 0 aliphatic heterocycles. The number of nitrogens with one attached hydrogen (secondary N) is 1. The zero-order valence-corrected chi connectivity index (χ0v) is 8.72. The second-order valence-corrected chi connectivity index (χ2v) is 3.36. The van der Waals surface area contributed by atoms with E-state index >= 15 is 0 Å². The summed E-state index contributed by atoms with van der Waals surface area (Å²) >= 11 is 0. The van der Waals surface area contributed by atoms with Crippen molar-refractivity contribution < 1.29 is 0 Å². The van der Waals surface area contributed by atoms with Gasteiger partial charge in [0.2, 0.25) is 0 Å². The summed E-state index contributed by atoms with van der Waals surface area (Å²) in [5, 5.41) is 3.32. The molecule has 1 aliphatic rings. The maximum Gasteiger partial charge on any atom is 0.0578 e. The molecule has 0 saturated heterocycles. The van der Waals surface area contributed by atoms with Gasteiger partial charge in [-0.25, -0.2) is 0 Å². The van der Waals surface area contributed by atoms with Gasteiger partial charge in [-0.15, -0.1) is 6.42 Å². The fourth-order valence-electron chi connectivity index (χ4n) is 1.87. The van der Waals surface area contributed by atoms with Crippen LogP contribution in [0.25, 0.3) is 0 Å². The largest absolute Gasteiger partial charge is 0.299 e. The van der Waals surface area contributed by atoms with Crippen molar-refractivity contribution in [1.82, 2.24) is 5.32 Å². The van der Waals surface area contributed by atoms with Crippen molar-refractivity contribution in [3.05, 3.63) is 36.0 Å². The van der Waals surface area contributed by atoms with Gasteiger partial charge in [0.1, 0.15) is 0 Å². The molecule has 0 aromatic heterocycles. The van der Waals surface area contributed by atoms with Gasteiger partial charge in [-0.1, -0.05) is 30.7 Å². The summed E-state index contributed by atoms with van der Waals surface area (Å²) in [7, 11) is 0. The first-order chi connectivity index (χ1) is 6.83. The summed E-state index contributed by atoms with van der Waals surface area (Å²) < 4.78 is 0. The monoisotopic (exact) mass is 187 g/mol. The lowest BCUT2D eigenvalue weighted by Gasteiger charge is -2.12. The van der Waals surface area contributed by atoms with E-state index in [1.165, 1.54) is 11.1 Å². The molecule has 0 saturated carbocycles. The van der Waals surface area contributed by atoms with E-state index in [1.807, 2.05) is 13.0 Å². The van der Waals surface area contributed by atoms with Gasteiger partial charge in [-0.05, 0) is 30.9 Å². The first-order valence-electron chi connectivity index (χ1n) is 4.98. The Hall–Kier alpha value is -1.26. The molecule has 0 aromatic carbocycles. The molecule has 0 heterocycles. The third-order valence-electron chi connectivity index (χ3n) is 2.49. The van der Waals surface area contributed by atoms with Crippen LogP contribution in [0.1, 0.15) is 19.8 Å². The molecule has 1 aliphatic carbocycles. The summed E-state index contributed by atoms with van der Waals surface area (Å²) in [6.07, 6.45) is 13.6. The van der Waals surface area contributed by atoms with E-state index in [2.05, 4.69) is 30.0 Å². The van der Waals surface area contributed by atoms with Gasteiger partial charge in [0.15, 0.2) is 0 Å². The first-order valence-corrected chi connectivity index (χ1v) is 4.98. The zero-order valence-electron chi connectivity index (χ0n) is 8.72.